The summed E-state index contributed by atoms with van der Waals surface area (Å²) in [6.07, 6.45) is 0.935. The summed E-state index contributed by atoms with van der Waals surface area (Å²) < 4.78 is 24.5. The van der Waals surface area contributed by atoms with Crippen LogP contribution in [0.25, 0.3) is 0 Å². The molecule has 100 valence electrons. The molecule has 0 bridgehead atoms. The number of hydrogen-bond donors (Lipinski definition) is 2. The van der Waals surface area contributed by atoms with Crippen LogP contribution in [0.15, 0.2) is 24.3 Å². The van der Waals surface area contributed by atoms with Crippen LogP contribution in [0, 0.1) is 0 Å². The van der Waals surface area contributed by atoms with Crippen molar-refractivity contribution in [3.8, 4) is 0 Å². The summed E-state index contributed by atoms with van der Waals surface area (Å²) in [5.74, 6) is -0.415. The molecule has 0 unspecified atom stereocenters. The number of carbonyl (C=O) groups is 1. The van der Waals surface area contributed by atoms with E-state index in [0.717, 1.165) is 6.42 Å². The molecule has 1 rings (SSSR count). The Hall–Kier alpha value is -1.40. The van der Waals surface area contributed by atoms with Crippen LogP contribution in [0.3, 0.4) is 0 Å². The zero-order valence-electron chi connectivity index (χ0n) is 10.6. The Morgan fingerprint density at radius 2 is 1.78 bits per heavy atom. The number of anilines is 1. The van der Waals surface area contributed by atoms with E-state index in [1.807, 2.05) is 19.1 Å². The van der Waals surface area contributed by atoms with Gasteiger partial charge in [-0.2, -0.15) is 0 Å². The molecule has 0 aliphatic rings. The van der Waals surface area contributed by atoms with Crippen molar-refractivity contribution in [3.05, 3.63) is 29.8 Å². The second-order valence-corrected chi connectivity index (χ2v) is 5.92. The fraction of sp³-hybridized carbons (Fsp3) is 0.417. The standard InChI is InChI=1S/C12H18N2O3S/c1-3-10-5-7-11(8-6-10)14-12(15)9-13-18(16,17)4-2/h5-8,13H,3-4,9H2,1-2H3,(H,14,15). The van der Waals surface area contributed by atoms with E-state index >= 15 is 0 Å². The van der Waals surface area contributed by atoms with Gasteiger partial charge in [-0.1, -0.05) is 19.1 Å². The predicted molar refractivity (Wildman–Crippen MR) is 71.9 cm³/mol. The molecule has 2 N–H and O–H groups in total. The molecule has 0 saturated heterocycles. The third-order valence-corrected chi connectivity index (χ3v) is 3.82. The lowest BCUT2D eigenvalue weighted by Crippen LogP contribution is -2.33. The number of sulfonamides is 1. The molecule has 6 heteroatoms. The zero-order valence-corrected chi connectivity index (χ0v) is 11.4. The molecule has 0 atom stereocenters. The number of hydrogen-bond acceptors (Lipinski definition) is 3. The fourth-order valence-electron chi connectivity index (χ4n) is 1.31. The Bertz CT molecular complexity index is 495. The second kappa shape index (κ2) is 6.51. The maximum Gasteiger partial charge on any atom is 0.239 e. The maximum atomic E-state index is 11.5. The van der Waals surface area contributed by atoms with Crippen LogP contribution in [0.4, 0.5) is 5.69 Å². The van der Waals surface area contributed by atoms with E-state index in [1.54, 1.807) is 12.1 Å². The minimum atomic E-state index is -3.33. The highest BCUT2D eigenvalue weighted by atomic mass is 32.2. The van der Waals surface area contributed by atoms with Crippen LogP contribution in [0.2, 0.25) is 0 Å². The highest BCUT2D eigenvalue weighted by molar-refractivity contribution is 7.89. The molecule has 1 aromatic rings. The van der Waals surface area contributed by atoms with E-state index in [2.05, 4.69) is 10.0 Å². The molecule has 1 aromatic carbocycles. The summed E-state index contributed by atoms with van der Waals surface area (Å²) in [4.78, 5) is 11.5. The quantitative estimate of drug-likeness (QED) is 0.813. The Kier molecular flexibility index (Phi) is 5.30. The van der Waals surface area contributed by atoms with Gasteiger partial charge in [0.15, 0.2) is 0 Å². The smallest absolute Gasteiger partial charge is 0.239 e. The second-order valence-electron chi connectivity index (χ2n) is 3.82. The summed E-state index contributed by atoms with van der Waals surface area (Å²) in [6, 6.07) is 7.44. The monoisotopic (exact) mass is 270 g/mol. The van der Waals surface area contributed by atoms with Gasteiger partial charge in [-0.15, -0.1) is 0 Å². The van der Waals surface area contributed by atoms with Gasteiger partial charge in [0, 0.05) is 5.69 Å². The van der Waals surface area contributed by atoms with Crippen molar-refractivity contribution >= 4 is 21.6 Å². The van der Waals surface area contributed by atoms with Crippen LogP contribution >= 0.6 is 0 Å². The average Bonchev–Trinajstić information content (AvgIpc) is 2.37. The normalized spacial score (nSPS) is 11.2. The number of benzene rings is 1. The van der Waals surface area contributed by atoms with Gasteiger partial charge in [0.25, 0.3) is 0 Å². The van der Waals surface area contributed by atoms with Crippen molar-refractivity contribution in [2.24, 2.45) is 0 Å². The first-order valence-electron chi connectivity index (χ1n) is 5.83. The van der Waals surface area contributed by atoms with E-state index in [9.17, 15) is 13.2 Å². The van der Waals surface area contributed by atoms with Gasteiger partial charge >= 0.3 is 0 Å². The van der Waals surface area contributed by atoms with E-state index in [0.29, 0.717) is 5.69 Å². The molecule has 0 aromatic heterocycles. The minimum absolute atomic E-state index is 0.0362. The van der Waals surface area contributed by atoms with E-state index < -0.39 is 10.0 Å². The zero-order chi connectivity index (χ0) is 13.6. The Morgan fingerprint density at radius 1 is 1.17 bits per heavy atom. The highest BCUT2D eigenvalue weighted by Crippen LogP contribution is 2.09. The van der Waals surface area contributed by atoms with Crippen molar-refractivity contribution in [1.29, 1.82) is 0 Å². The van der Waals surface area contributed by atoms with Crippen LogP contribution in [-0.4, -0.2) is 26.6 Å². The largest absolute Gasteiger partial charge is 0.325 e. The average molecular weight is 270 g/mol. The van der Waals surface area contributed by atoms with Gasteiger partial charge < -0.3 is 5.32 Å². The lowest BCUT2D eigenvalue weighted by atomic mass is 10.1. The Balaban J connectivity index is 2.49. The number of nitrogens with one attached hydrogen (secondary N) is 2. The predicted octanol–water partition coefficient (Wildman–Crippen LogP) is 1.13. The highest BCUT2D eigenvalue weighted by Gasteiger charge is 2.09. The van der Waals surface area contributed by atoms with Crippen molar-refractivity contribution in [2.45, 2.75) is 20.3 Å². The van der Waals surface area contributed by atoms with Gasteiger partial charge in [-0.25, -0.2) is 13.1 Å². The molecular weight excluding hydrogens is 252 g/mol. The topological polar surface area (TPSA) is 75.3 Å². The number of aryl methyl sites for hydroxylation is 1. The van der Waals surface area contributed by atoms with Crippen LogP contribution < -0.4 is 10.0 Å². The van der Waals surface area contributed by atoms with Crippen molar-refractivity contribution in [3.63, 3.8) is 0 Å². The van der Waals surface area contributed by atoms with Gasteiger partial charge in [-0.05, 0) is 31.0 Å². The minimum Gasteiger partial charge on any atom is -0.325 e. The van der Waals surface area contributed by atoms with Gasteiger partial charge in [-0.3, -0.25) is 4.79 Å². The van der Waals surface area contributed by atoms with E-state index in [1.165, 1.54) is 12.5 Å². The molecular formula is C12H18N2O3S. The summed E-state index contributed by atoms with van der Waals surface area (Å²) in [5, 5.41) is 2.62. The number of rotatable bonds is 6. The SMILES string of the molecule is CCc1ccc(NC(=O)CNS(=O)(=O)CC)cc1. The fourth-order valence-corrected chi connectivity index (χ4v) is 1.86. The first-order valence-corrected chi connectivity index (χ1v) is 7.48. The van der Waals surface area contributed by atoms with Crippen molar-refractivity contribution in [1.82, 2.24) is 4.72 Å². The molecule has 0 aliphatic heterocycles. The molecule has 5 nitrogen and oxygen atoms in total. The molecule has 0 radical (unpaired) electrons. The van der Waals surface area contributed by atoms with Crippen molar-refractivity contribution in [2.75, 3.05) is 17.6 Å². The lowest BCUT2D eigenvalue weighted by molar-refractivity contribution is -0.115. The summed E-state index contributed by atoms with van der Waals surface area (Å²) in [7, 11) is -3.33. The van der Waals surface area contributed by atoms with Gasteiger partial charge in [0.05, 0.1) is 12.3 Å². The molecule has 0 heterocycles. The molecule has 0 saturated carbocycles. The molecule has 18 heavy (non-hydrogen) atoms. The lowest BCUT2D eigenvalue weighted by Gasteiger charge is -2.07. The van der Waals surface area contributed by atoms with Crippen LogP contribution in [0.5, 0.6) is 0 Å². The van der Waals surface area contributed by atoms with E-state index in [4.69, 9.17) is 0 Å². The van der Waals surface area contributed by atoms with Crippen molar-refractivity contribution < 1.29 is 13.2 Å². The molecule has 0 fully saturated rings. The number of carbonyl (C=O) groups excluding carboxylic acids is 1. The molecule has 0 aliphatic carbocycles. The first-order chi connectivity index (χ1) is 8.46. The summed E-state index contributed by atoms with van der Waals surface area (Å²) in [6.45, 7) is 3.32. The first kappa shape index (κ1) is 14.7. The number of amides is 1. The summed E-state index contributed by atoms with van der Waals surface area (Å²) in [5.41, 5.74) is 1.84. The van der Waals surface area contributed by atoms with Gasteiger partial charge in [0.2, 0.25) is 15.9 Å². The third-order valence-electron chi connectivity index (χ3n) is 2.48. The third kappa shape index (κ3) is 4.85. The maximum absolute atomic E-state index is 11.5. The Morgan fingerprint density at radius 3 is 2.28 bits per heavy atom. The van der Waals surface area contributed by atoms with E-state index in [-0.39, 0.29) is 18.2 Å². The Labute approximate surface area is 108 Å². The van der Waals surface area contributed by atoms with Crippen LogP contribution in [0.1, 0.15) is 19.4 Å². The van der Waals surface area contributed by atoms with Gasteiger partial charge in [0.1, 0.15) is 0 Å². The molecule has 1 amide bonds. The molecule has 0 spiro atoms. The summed E-state index contributed by atoms with van der Waals surface area (Å²) >= 11 is 0. The van der Waals surface area contributed by atoms with Crippen LogP contribution in [-0.2, 0) is 21.2 Å².